The lowest BCUT2D eigenvalue weighted by Gasteiger charge is -2.21. The second-order valence-electron chi connectivity index (χ2n) is 5.44. The lowest BCUT2D eigenvalue weighted by molar-refractivity contribution is 0.0944. The Morgan fingerprint density at radius 1 is 1.22 bits per heavy atom. The first-order chi connectivity index (χ1) is 11.0. The number of hydrogen-bond donors (Lipinski definition) is 2. The van der Waals surface area contributed by atoms with Crippen LogP contribution in [0.15, 0.2) is 23.1 Å². The normalized spacial score (nSPS) is 16.8. The quantitative estimate of drug-likeness (QED) is 0.835. The van der Waals surface area contributed by atoms with Gasteiger partial charge in [-0.15, -0.1) is 0 Å². The van der Waals surface area contributed by atoms with Crippen molar-refractivity contribution < 1.29 is 18.3 Å². The summed E-state index contributed by atoms with van der Waals surface area (Å²) in [4.78, 5) is 11.9. The van der Waals surface area contributed by atoms with Gasteiger partial charge in [-0.3, -0.25) is 4.79 Å². The van der Waals surface area contributed by atoms with Crippen LogP contribution >= 0.6 is 11.6 Å². The summed E-state index contributed by atoms with van der Waals surface area (Å²) in [5, 5.41) is 11.3. The molecule has 8 heteroatoms. The van der Waals surface area contributed by atoms with E-state index in [1.165, 1.54) is 22.5 Å². The molecule has 0 bridgehead atoms. The van der Waals surface area contributed by atoms with Gasteiger partial charge in [0.1, 0.15) is 4.90 Å². The number of nitrogens with zero attached hydrogens (tertiary/aromatic N) is 1. The van der Waals surface area contributed by atoms with Crippen LogP contribution in [0, 0.1) is 0 Å². The maximum absolute atomic E-state index is 12.8. The van der Waals surface area contributed by atoms with E-state index in [1.807, 2.05) is 0 Å². The molecule has 1 aromatic carbocycles. The highest BCUT2D eigenvalue weighted by atomic mass is 35.5. The fraction of sp³-hybridized carbons (Fsp3) is 0.533. The highest BCUT2D eigenvalue weighted by Gasteiger charge is 2.28. The van der Waals surface area contributed by atoms with Crippen LogP contribution in [0.4, 0.5) is 0 Å². The minimum Gasteiger partial charge on any atom is -0.395 e. The van der Waals surface area contributed by atoms with Gasteiger partial charge in [0.05, 0.1) is 11.6 Å². The molecule has 6 nitrogen and oxygen atoms in total. The number of benzene rings is 1. The van der Waals surface area contributed by atoms with Crippen molar-refractivity contribution >= 4 is 27.5 Å². The molecule has 1 amide bonds. The molecule has 1 aliphatic rings. The van der Waals surface area contributed by atoms with E-state index in [9.17, 15) is 13.2 Å². The first-order valence-electron chi connectivity index (χ1n) is 7.65. The van der Waals surface area contributed by atoms with Gasteiger partial charge >= 0.3 is 0 Å². The van der Waals surface area contributed by atoms with Gasteiger partial charge < -0.3 is 10.4 Å². The number of aliphatic hydroxyl groups is 1. The molecule has 0 unspecified atom stereocenters. The second-order valence-corrected chi connectivity index (χ2v) is 7.76. The summed E-state index contributed by atoms with van der Waals surface area (Å²) in [6, 6.07) is 4.19. The standard InChI is InChI=1S/C15H21ClN2O4S/c16-13-6-5-12(15(20)17-7-10-19)11-14(13)23(21,22)18-8-3-1-2-4-9-18/h5-6,11,19H,1-4,7-10H2,(H,17,20). The van der Waals surface area contributed by atoms with E-state index in [1.54, 1.807) is 0 Å². The minimum atomic E-state index is -3.72. The predicted octanol–water partition coefficient (Wildman–Crippen LogP) is 1.63. The Bertz CT molecular complexity index is 655. The highest BCUT2D eigenvalue weighted by Crippen LogP contribution is 2.27. The number of aliphatic hydroxyl groups excluding tert-OH is 1. The summed E-state index contributed by atoms with van der Waals surface area (Å²) in [6.45, 7) is 0.868. The Morgan fingerprint density at radius 3 is 2.48 bits per heavy atom. The van der Waals surface area contributed by atoms with Crippen molar-refractivity contribution in [3.05, 3.63) is 28.8 Å². The van der Waals surface area contributed by atoms with Gasteiger partial charge in [-0.1, -0.05) is 24.4 Å². The maximum atomic E-state index is 12.8. The van der Waals surface area contributed by atoms with Crippen molar-refractivity contribution in [2.24, 2.45) is 0 Å². The zero-order valence-corrected chi connectivity index (χ0v) is 14.4. The van der Waals surface area contributed by atoms with Gasteiger partial charge in [0.2, 0.25) is 10.0 Å². The average molecular weight is 361 g/mol. The summed E-state index contributed by atoms with van der Waals surface area (Å²) in [5.41, 5.74) is 0.205. The molecule has 0 radical (unpaired) electrons. The number of amides is 1. The molecule has 2 rings (SSSR count). The van der Waals surface area contributed by atoms with E-state index in [-0.39, 0.29) is 28.6 Å². The number of hydrogen-bond acceptors (Lipinski definition) is 4. The molecule has 23 heavy (non-hydrogen) atoms. The van der Waals surface area contributed by atoms with Gasteiger partial charge in [0.15, 0.2) is 0 Å². The van der Waals surface area contributed by atoms with Crippen LogP contribution in [0.3, 0.4) is 0 Å². The third-order valence-corrected chi connectivity index (χ3v) is 6.15. The molecule has 1 saturated heterocycles. The fourth-order valence-electron chi connectivity index (χ4n) is 2.53. The van der Waals surface area contributed by atoms with Gasteiger partial charge in [0, 0.05) is 25.2 Å². The zero-order chi connectivity index (χ0) is 16.9. The second kappa shape index (κ2) is 8.10. The molecule has 1 aromatic rings. The van der Waals surface area contributed by atoms with E-state index in [0.29, 0.717) is 13.1 Å². The largest absolute Gasteiger partial charge is 0.395 e. The topological polar surface area (TPSA) is 86.7 Å². The van der Waals surface area contributed by atoms with Crippen molar-refractivity contribution in [1.29, 1.82) is 0 Å². The number of sulfonamides is 1. The Hall–Kier alpha value is -1.15. The van der Waals surface area contributed by atoms with Crippen LogP contribution in [-0.2, 0) is 10.0 Å². The monoisotopic (exact) mass is 360 g/mol. The summed E-state index contributed by atoms with van der Waals surface area (Å²) in [7, 11) is -3.72. The highest BCUT2D eigenvalue weighted by molar-refractivity contribution is 7.89. The first-order valence-corrected chi connectivity index (χ1v) is 9.47. The zero-order valence-electron chi connectivity index (χ0n) is 12.8. The molecular weight excluding hydrogens is 340 g/mol. The van der Waals surface area contributed by atoms with E-state index in [4.69, 9.17) is 16.7 Å². The molecule has 128 valence electrons. The van der Waals surface area contributed by atoms with Crippen molar-refractivity contribution in [3.8, 4) is 0 Å². The van der Waals surface area contributed by atoms with Gasteiger partial charge in [-0.25, -0.2) is 8.42 Å². The van der Waals surface area contributed by atoms with Crippen molar-refractivity contribution in [1.82, 2.24) is 9.62 Å². The Balaban J connectivity index is 2.31. The lowest BCUT2D eigenvalue weighted by Crippen LogP contribution is -2.32. The van der Waals surface area contributed by atoms with Crippen LogP contribution in [0.25, 0.3) is 0 Å². The third kappa shape index (κ3) is 4.44. The molecular formula is C15H21ClN2O4S. The van der Waals surface area contributed by atoms with Gasteiger partial charge in [-0.05, 0) is 31.0 Å². The molecule has 0 aromatic heterocycles. The molecule has 1 fully saturated rings. The summed E-state index contributed by atoms with van der Waals surface area (Å²) in [6.07, 6.45) is 3.69. The number of nitrogens with one attached hydrogen (secondary N) is 1. The molecule has 0 aliphatic carbocycles. The van der Waals surface area contributed by atoms with Crippen LogP contribution in [0.1, 0.15) is 36.0 Å². The number of carbonyl (C=O) groups is 1. The number of carbonyl (C=O) groups excluding carboxylic acids is 1. The smallest absolute Gasteiger partial charge is 0.251 e. The number of halogens is 1. The molecule has 1 aliphatic heterocycles. The summed E-state index contributed by atoms with van der Waals surface area (Å²) >= 11 is 6.07. The molecule has 0 saturated carbocycles. The van der Waals surface area contributed by atoms with Crippen LogP contribution in [-0.4, -0.2) is 50.0 Å². The van der Waals surface area contributed by atoms with E-state index in [2.05, 4.69) is 5.32 Å². The average Bonchev–Trinajstić information content (AvgIpc) is 2.82. The third-order valence-electron chi connectivity index (χ3n) is 3.77. The van der Waals surface area contributed by atoms with E-state index >= 15 is 0 Å². The number of rotatable bonds is 5. The van der Waals surface area contributed by atoms with Crippen molar-refractivity contribution in [2.45, 2.75) is 30.6 Å². The summed E-state index contributed by atoms with van der Waals surface area (Å²) < 4.78 is 27.1. The maximum Gasteiger partial charge on any atom is 0.251 e. The minimum absolute atomic E-state index is 0.0438. The summed E-state index contributed by atoms with van der Waals surface area (Å²) in [5.74, 6) is -0.442. The van der Waals surface area contributed by atoms with Gasteiger partial charge in [0.25, 0.3) is 5.91 Å². The van der Waals surface area contributed by atoms with Crippen LogP contribution in [0.2, 0.25) is 5.02 Å². The predicted molar refractivity (Wildman–Crippen MR) is 88.1 cm³/mol. The van der Waals surface area contributed by atoms with Crippen molar-refractivity contribution in [3.63, 3.8) is 0 Å². The lowest BCUT2D eigenvalue weighted by atomic mass is 10.2. The Morgan fingerprint density at radius 2 is 1.87 bits per heavy atom. The Kier molecular flexibility index (Phi) is 6.41. The van der Waals surface area contributed by atoms with Gasteiger partial charge in [-0.2, -0.15) is 4.31 Å². The Labute approximate surface area is 141 Å². The van der Waals surface area contributed by atoms with Crippen LogP contribution in [0.5, 0.6) is 0 Å². The van der Waals surface area contributed by atoms with Crippen molar-refractivity contribution in [2.75, 3.05) is 26.2 Å². The molecule has 0 atom stereocenters. The SMILES string of the molecule is O=C(NCCO)c1ccc(Cl)c(S(=O)(=O)N2CCCCCC2)c1. The molecule has 1 heterocycles. The molecule has 0 spiro atoms. The first kappa shape index (κ1) is 18.2. The van der Waals surface area contributed by atoms with E-state index in [0.717, 1.165) is 25.7 Å². The van der Waals surface area contributed by atoms with E-state index < -0.39 is 15.9 Å². The van der Waals surface area contributed by atoms with Crippen LogP contribution < -0.4 is 5.32 Å². The molecule has 2 N–H and O–H groups in total. The fourth-order valence-corrected chi connectivity index (χ4v) is 4.55.